The Morgan fingerprint density at radius 3 is 2.59 bits per heavy atom. The van der Waals surface area contributed by atoms with Crippen LogP contribution >= 0.6 is 0 Å². The van der Waals surface area contributed by atoms with Crippen LogP contribution in [0.4, 0.5) is 4.48 Å². The molecule has 6 nitrogen and oxygen atoms in total. The highest BCUT2D eigenvalue weighted by atomic mass is 19.2. The van der Waals surface area contributed by atoms with Crippen molar-refractivity contribution in [2.24, 2.45) is 5.73 Å². The molecule has 0 unspecified atom stereocenters. The second-order valence-electron chi connectivity index (χ2n) is 3.44. The number of amides is 1. The highest BCUT2D eigenvalue weighted by Crippen LogP contribution is 2.06. The molecule has 0 radical (unpaired) electrons. The van der Waals surface area contributed by atoms with Gasteiger partial charge in [0.15, 0.2) is 0 Å². The van der Waals surface area contributed by atoms with Gasteiger partial charge >= 0.3 is 5.69 Å². The van der Waals surface area contributed by atoms with Gasteiger partial charge < -0.3 is 5.73 Å². The highest BCUT2D eigenvalue weighted by molar-refractivity contribution is 5.78. The molecule has 7 heteroatoms. The van der Waals surface area contributed by atoms with Gasteiger partial charge in [-0.1, -0.05) is 16.6 Å². The summed E-state index contributed by atoms with van der Waals surface area (Å²) in [6.07, 6.45) is 0. The van der Waals surface area contributed by atoms with Crippen molar-refractivity contribution in [3.8, 4) is 0 Å². The first-order valence-corrected chi connectivity index (χ1v) is 4.71. The summed E-state index contributed by atoms with van der Waals surface area (Å²) in [5.41, 5.74) is 2.80. The third-order valence-electron chi connectivity index (χ3n) is 2.30. The zero-order valence-electron chi connectivity index (χ0n) is 8.59. The fourth-order valence-corrected chi connectivity index (χ4v) is 1.56. The topological polar surface area (TPSA) is 87.1 Å². The Bertz CT molecular complexity index is 717. The van der Waals surface area contributed by atoms with Crippen molar-refractivity contribution in [3.63, 3.8) is 0 Å². The fraction of sp³-hybridized carbons (Fsp3) is 0.100. The number of hydrogen-bond donors (Lipinski definition) is 1. The summed E-state index contributed by atoms with van der Waals surface area (Å²) in [6.45, 7) is -0.646. The van der Waals surface area contributed by atoms with Crippen LogP contribution in [0.1, 0.15) is 0 Å². The molecule has 1 amide bonds. The van der Waals surface area contributed by atoms with Crippen LogP contribution in [-0.4, -0.2) is 15.3 Å². The Balaban J connectivity index is 2.92. The molecular formula is C10H8FN3O3. The Kier molecular flexibility index (Phi) is 2.51. The summed E-state index contributed by atoms with van der Waals surface area (Å²) < 4.78 is 14.0. The van der Waals surface area contributed by atoms with E-state index in [9.17, 15) is 18.9 Å². The van der Waals surface area contributed by atoms with Crippen molar-refractivity contribution in [1.29, 1.82) is 0 Å². The molecule has 1 aromatic carbocycles. The molecule has 0 atom stereocenters. The van der Waals surface area contributed by atoms with E-state index in [2.05, 4.69) is 0 Å². The summed E-state index contributed by atoms with van der Waals surface area (Å²) in [7, 11) is 0. The quantitative estimate of drug-likeness (QED) is 0.755. The molecule has 2 aromatic rings. The van der Waals surface area contributed by atoms with Gasteiger partial charge in [0.05, 0.1) is 10.9 Å². The summed E-state index contributed by atoms with van der Waals surface area (Å²) in [6, 6.07) is 5.69. The second-order valence-corrected chi connectivity index (χ2v) is 3.44. The zero-order valence-corrected chi connectivity index (χ0v) is 8.59. The van der Waals surface area contributed by atoms with E-state index >= 15 is 0 Å². The average molecular weight is 237 g/mol. The van der Waals surface area contributed by atoms with Gasteiger partial charge in [-0.05, 0) is 12.1 Å². The minimum absolute atomic E-state index is 0.0100. The zero-order chi connectivity index (χ0) is 12.6. The smallest absolute Gasteiger partial charge is 0.360 e. The Labute approximate surface area is 93.6 Å². The lowest BCUT2D eigenvalue weighted by molar-refractivity contribution is -0.118. The van der Waals surface area contributed by atoms with E-state index in [1.54, 1.807) is 0 Å². The van der Waals surface area contributed by atoms with Gasteiger partial charge in [0.1, 0.15) is 6.54 Å². The van der Waals surface area contributed by atoms with Gasteiger partial charge in [0.2, 0.25) is 5.91 Å². The number of nitrogens with two attached hydrogens (primary N) is 1. The number of benzene rings is 1. The lowest BCUT2D eigenvalue weighted by atomic mass is 10.2. The first kappa shape index (κ1) is 11.1. The molecular weight excluding hydrogens is 229 g/mol. The van der Waals surface area contributed by atoms with Crippen LogP contribution in [0.25, 0.3) is 10.9 Å². The minimum Gasteiger partial charge on any atom is -0.368 e. The van der Waals surface area contributed by atoms with E-state index in [4.69, 9.17) is 5.73 Å². The van der Waals surface area contributed by atoms with E-state index in [1.807, 2.05) is 0 Å². The maximum atomic E-state index is 13.6. The third-order valence-corrected chi connectivity index (χ3v) is 2.30. The van der Waals surface area contributed by atoms with Crippen molar-refractivity contribution < 1.29 is 9.28 Å². The maximum Gasteiger partial charge on any atom is 0.360 e. The van der Waals surface area contributed by atoms with Crippen molar-refractivity contribution in [2.45, 2.75) is 6.54 Å². The molecule has 0 saturated heterocycles. The van der Waals surface area contributed by atoms with Crippen LogP contribution in [0.5, 0.6) is 0 Å². The Morgan fingerprint density at radius 1 is 1.29 bits per heavy atom. The van der Waals surface area contributed by atoms with Crippen LogP contribution in [0.3, 0.4) is 0 Å². The van der Waals surface area contributed by atoms with Gasteiger partial charge in [-0.3, -0.25) is 9.59 Å². The van der Waals surface area contributed by atoms with E-state index in [-0.39, 0.29) is 15.7 Å². The SMILES string of the molecule is NC(=O)Cn1c(=O)c2ccccc2n(F)c1=O. The van der Waals surface area contributed by atoms with Crippen molar-refractivity contribution in [3.05, 3.63) is 45.1 Å². The maximum absolute atomic E-state index is 13.6. The number of para-hydroxylation sites is 1. The molecule has 2 rings (SSSR count). The summed E-state index contributed by atoms with van der Waals surface area (Å²) >= 11 is 0. The average Bonchev–Trinajstić information content (AvgIpc) is 2.31. The number of aromatic nitrogens is 2. The van der Waals surface area contributed by atoms with Gasteiger partial charge in [0.25, 0.3) is 5.56 Å². The lowest BCUT2D eigenvalue weighted by Crippen LogP contribution is -2.41. The van der Waals surface area contributed by atoms with Gasteiger partial charge in [-0.25, -0.2) is 9.36 Å². The Hall–Kier alpha value is -2.44. The number of nitrogens with zero attached hydrogens (tertiary/aromatic N) is 2. The third kappa shape index (κ3) is 1.71. The molecule has 17 heavy (non-hydrogen) atoms. The molecule has 0 saturated carbocycles. The van der Waals surface area contributed by atoms with E-state index in [1.165, 1.54) is 24.3 Å². The number of carbonyl (C=O) groups is 1. The van der Waals surface area contributed by atoms with Crippen LogP contribution in [0.2, 0.25) is 0 Å². The first-order valence-electron chi connectivity index (χ1n) is 4.71. The number of primary amides is 1. The second kappa shape index (κ2) is 3.85. The van der Waals surface area contributed by atoms with E-state index < -0.39 is 23.7 Å². The molecule has 0 aliphatic rings. The summed E-state index contributed by atoms with van der Waals surface area (Å²) in [4.78, 5) is 33.8. The molecule has 0 aliphatic heterocycles. The van der Waals surface area contributed by atoms with Gasteiger partial charge in [0, 0.05) is 0 Å². The summed E-state index contributed by atoms with van der Waals surface area (Å²) in [5.74, 6) is -0.889. The predicted octanol–water partition coefficient (Wildman–Crippen LogP) is -0.619. The largest absolute Gasteiger partial charge is 0.368 e. The first-order chi connectivity index (χ1) is 8.02. The minimum atomic E-state index is -1.22. The molecule has 88 valence electrons. The van der Waals surface area contributed by atoms with Crippen LogP contribution in [-0.2, 0) is 11.3 Å². The van der Waals surface area contributed by atoms with E-state index in [0.717, 1.165) is 0 Å². The number of carbonyl (C=O) groups excluding carboxylic acids is 1. The molecule has 0 bridgehead atoms. The van der Waals surface area contributed by atoms with Crippen molar-refractivity contribution in [1.82, 2.24) is 9.36 Å². The number of hydrogen-bond acceptors (Lipinski definition) is 3. The summed E-state index contributed by atoms with van der Waals surface area (Å²) in [5, 5.41) is 0.0100. The predicted molar refractivity (Wildman–Crippen MR) is 58.2 cm³/mol. The Morgan fingerprint density at radius 2 is 1.94 bits per heavy atom. The fourth-order valence-electron chi connectivity index (χ4n) is 1.56. The molecule has 0 spiro atoms. The van der Waals surface area contributed by atoms with E-state index in [0.29, 0.717) is 4.57 Å². The molecule has 0 fully saturated rings. The number of rotatable bonds is 2. The van der Waals surface area contributed by atoms with Crippen LogP contribution < -0.4 is 17.0 Å². The molecule has 2 N–H and O–H groups in total. The highest BCUT2D eigenvalue weighted by Gasteiger charge is 2.13. The normalized spacial score (nSPS) is 10.6. The number of fused-ring (bicyclic) bond motifs is 1. The molecule has 0 aliphatic carbocycles. The van der Waals surface area contributed by atoms with Crippen molar-refractivity contribution >= 4 is 16.8 Å². The van der Waals surface area contributed by atoms with Crippen molar-refractivity contribution in [2.75, 3.05) is 0 Å². The van der Waals surface area contributed by atoms with Gasteiger partial charge in [-0.2, -0.15) is 0 Å². The standard InChI is InChI=1S/C10H8FN3O3/c11-14-7-4-2-1-3-6(7)9(16)13(10(14)17)5-8(12)15/h1-4H,5H2,(H2,12,15). The molecule has 1 aromatic heterocycles. The monoisotopic (exact) mass is 237 g/mol. The van der Waals surface area contributed by atoms with Crippen LogP contribution in [0.15, 0.2) is 33.9 Å². The molecule has 1 heterocycles. The van der Waals surface area contributed by atoms with Crippen LogP contribution in [0, 0.1) is 0 Å². The lowest BCUT2D eigenvalue weighted by Gasteiger charge is -2.05. The van der Waals surface area contributed by atoms with Gasteiger partial charge in [-0.15, -0.1) is 4.79 Å². The number of halogens is 1.